The van der Waals surface area contributed by atoms with Gasteiger partial charge in [-0.15, -0.1) is 0 Å². The van der Waals surface area contributed by atoms with Crippen LogP contribution in [-0.2, 0) is 4.79 Å². The van der Waals surface area contributed by atoms with Crippen LogP contribution in [0.5, 0.6) is 11.5 Å². The number of hydrogen-bond acceptors (Lipinski definition) is 6. The van der Waals surface area contributed by atoms with E-state index < -0.39 is 0 Å². The van der Waals surface area contributed by atoms with Gasteiger partial charge in [-0.25, -0.2) is 0 Å². The van der Waals surface area contributed by atoms with Crippen LogP contribution in [0, 0.1) is 5.92 Å². The first-order valence-corrected chi connectivity index (χ1v) is 8.42. The molecule has 0 atom stereocenters. The number of carbonyl (C=O) groups is 2. The Bertz CT molecular complexity index is 773. The maximum atomic E-state index is 12.9. The highest BCUT2D eigenvalue weighted by molar-refractivity contribution is 5.99. The molecule has 2 heterocycles. The van der Waals surface area contributed by atoms with Crippen LogP contribution in [0.3, 0.4) is 0 Å². The van der Waals surface area contributed by atoms with Gasteiger partial charge in [0.2, 0.25) is 12.7 Å². The highest BCUT2D eigenvalue weighted by atomic mass is 16.7. The molecule has 1 aromatic carbocycles. The van der Waals surface area contributed by atoms with Crippen molar-refractivity contribution in [2.45, 2.75) is 20.3 Å². The summed E-state index contributed by atoms with van der Waals surface area (Å²) in [7, 11) is 0. The maximum Gasteiger partial charge on any atom is 0.254 e. The fourth-order valence-electron chi connectivity index (χ4n) is 2.51. The highest BCUT2D eigenvalue weighted by Crippen LogP contribution is 2.32. The lowest BCUT2D eigenvalue weighted by atomic mass is 10.1. The summed E-state index contributed by atoms with van der Waals surface area (Å²) in [5, 5.41) is 6.24. The molecule has 8 heteroatoms. The Morgan fingerprint density at radius 1 is 1.23 bits per heavy atom. The van der Waals surface area contributed by atoms with Gasteiger partial charge in [0.05, 0.1) is 0 Å². The number of hydrogen-bond donors (Lipinski definition) is 1. The second-order valence-corrected chi connectivity index (χ2v) is 6.41. The third kappa shape index (κ3) is 4.33. The standard InChI is InChI=1S/C18H21N3O5/c1-12(2)5-7-21(10-17(22)19-16-6-8-26-20-16)18(23)13-3-4-14-15(9-13)25-11-24-14/h3-4,6,8-9,12H,5,7,10-11H2,1-2H3,(H,19,20,22). The highest BCUT2D eigenvalue weighted by Gasteiger charge is 2.22. The van der Waals surface area contributed by atoms with Crippen molar-refractivity contribution in [3.63, 3.8) is 0 Å². The quantitative estimate of drug-likeness (QED) is 0.816. The molecule has 0 unspecified atom stereocenters. The van der Waals surface area contributed by atoms with Crippen molar-refractivity contribution in [2.75, 3.05) is 25.2 Å². The van der Waals surface area contributed by atoms with Gasteiger partial charge in [-0.05, 0) is 30.5 Å². The molecule has 0 spiro atoms. The van der Waals surface area contributed by atoms with Crippen molar-refractivity contribution < 1.29 is 23.6 Å². The summed E-state index contributed by atoms with van der Waals surface area (Å²) in [6, 6.07) is 6.55. The zero-order valence-corrected chi connectivity index (χ0v) is 14.7. The van der Waals surface area contributed by atoms with Crippen LogP contribution in [0.4, 0.5) is 5.82 Å². The van der Waals surface area contributed by atoms with Gasteiger partial charge < -0.3 is 24.2 Å². The number of anilines is 1. The van der Waals surface area contributed by atoms with E-state index in [1.807, 2.05) is 0 Å². The Morgan fingerprint density at radius 2 is 2.04 bits per heavy atom. The molecular formula is C18H21N3O5. The molecule has 2 amide bonds. The van der Waals surface area contributed by atoms with Crippen LogP contribution in [-0.4, -0.2) is 41.8 Å². The second kappa shape index (κ2) is 7.90. The number of fused-ring (bicyclic) bond motifs is 1. The van der Waals surface area contributed by atoms with Gasteiger partial charge in [0, 0.05) is 18.2 Å². The molecule has 1 N–H and O–H groups in total. The summed E-state index contributed by atoms with van der Waals surface area (Å²) < 4.78 is 15.3. The minimum atomic E-state index is -0.336. The Labute approximate surface area is 151 Å². The lowest BCUT2D eigenvalue weighted by Gasteiger charge is -2.23. The molecule has 0 aliphatic carbocycles. The molecule has 0 saturated carbocycles. The van der Waals surface area contributed by atoms with Crippen LogP contribution >= 0.6 is 0 Å². The normalized spacial score (nSPS) is 12.3. The van der Waals surface area contributed by atoms with E-state index in [1.165, 1.54) is 17.2 Å². The maximum absolute atomic E-state index is 12.9. The van der Waals surface area contributed by atoms with E-state index in [9.17, 15) is 9.59 Å². The topological polar surface area (TPSA) is 93.9 Å². The summed E-state index contributed by atoms with van der Waals surface area (Å²) in [5.41, 5.74) is 0.451. The fourth-order valence-corrected chi connectivity index (χ4v) is 2.51. The molecule has 0 radical (unpaired) electrons. The Hall–Kier alpha value is -3.03. The van der Waals surface area contributed by atoms with E-state index in [0.29, 0.717) is 35.3 Å². The van der Waals surface area contributed by atoms with E-state index in [2.05, 4.69) is 28.8 Å². The smallest absolute Gasteiger partial charge is 0.254 e. The van der Waals surface area contributed by atoms with Gasteiger partial charge in [0.15, 0.2) is 17.3 Å². The van der Waals surface area contributed by atoms with Crippen LogP contribution in [0.2, 0.25) is 0 Å². The fraction of sp³-hybridized carbons (Fsp3) is 0.389. The summed E-state index contributed by atoms with van der Waals surface area (Å²) in [4.78, 5) is 26.7. The van der Waals surface area contributed by atoms with Crippen molar-refractivity contribution in [3.05, 3.63) is 36.1 Å². The number of nitrogens with zero attached hydrogens (tertiary/aromatic N) is 2. The molecule has 8 nitrogen and oxygen atoms in total. The molecule has 138 valence electrons. The van der Waals surface area contributed by atoms with Gasteiger partial charge in [-0.2, -0.15) is 0 Å². The van der Waals surface area contributed by atoms with Gasteiger partial charge >= 0.3 is 0 Å². The molecule has 1 aliphatic heterocycles. The van der Waals surface area contributed by atoms with Gasteiger partial charge in [-0.3, -0.25) is 9.59 Å². The number of benzene rings is 1. The van der Waals surface area contributed by atoms with E-state index >= 15 is 0 Å². The summed E-state index contributed by atoms with van der Waals surface area (Å²) in [6.45, 7) is 4.67. The van der Waals surface area contributed by atoms with E-state index in [4.69, 9.17) is 9.47 Å². The molecule has 2 aromatic rings. The minimum absolute atomic E-state index is 0.0765. The van der Waals surface area contributed by atoms with E-state index in [0.717, 1.165) is 6.42 Å². The Balaban J connectivity index is 1.71. The molecule has 0 fully saturated rings. The van der Waals surface area contributed by atoms with Crippen LogP contribution in [0.25, 0.3) is 0 Å². The van der Waals surface area contributed by atoms with Gasteiger partial charge in [-0.1, -0.05) is 19.0 Å². The molecule has 0 saturated heterocycles. The lowest BCUT2D eigenvalue weighted by molar-refractivity contribution is -0.117. The number of nitrogens with one attached hydrogen (secondary N) is 1. The van der Waals surface area contributed by atoms with Crippen molar-refractivity contribution in [2.24, 2.45) is 5.92 Å². The van der Waals surface area contributed by atoms with Crippen LogP contribution in [0.1, 0.15) is 30.6 Å². The second-order valence-electron chi connectivity index (χ2n) is 6.41. The molecule has 3 rings (SSSR count). The number of amides is 2. The zero-order valence-electron chi connectivity index (χ0n) is 14.7. The Morgan fingerprint density at radius 3 is 2.77 bits per heavy atom. The molecular weight excluding hydrogens is 338 g/mol. The average molecular weight is 359 g/mol. The number of rotatable bonds is 7. The predicted octanol–water partition coefficient (Wildman–Crippen LogP) is 2.53. The predicted molar refractivity (Wildman–Crippen MR) is 93.1 cm³/mol. The van der Waals surface area contributed by atoms with Crippen molar-refractivity contribution in [1.29, 1.82) is 0 Å². The van der Waals surface area contributed by atoms with Crippen molar-refractivity contribution >= 4 is 17.6 Å². The van der Waals surface area contributed by atoms with Crippen molar-refractivity contribution in [1.82, 2.24) is 10.1 Å². The summed E-state index contributed by atoms with van der Waals surface area (Å²) in [5.74, 6) is 1.29. The number of aromatic nitrogens is 1. The van der Waals surface area contributed by atoms with Crippen molar-refractivity contribution in [3.8, 4) is 11.5 Å². The molecule has 1 aromatic heterocycles. The number of ether oxygens (including phenoxy) is 2. The average Bonchev–Trinajstić information content (AvgIpc) is 3.28. The zero-order chi connectivity index (χ0) is 18.5. The largest absolute Gasteiger partial charge is 0.454 e. The molecule has 26 heavy (non-hydrogen) atoms. The van der Waals surface area contributed by atoms with Crippen LogP contribution in [0.15, 0.2) is 35.1 Å². The number of carbonyl (C=O) groups excluding carboxylic acids is 2. The third-order valence-electron chi connectivity index (χ3n) is 3.92. The minimum Gasteiger partial charge on any atom is -0.454 e. The lowest BCUT2D eigenvalue weighted by Crippen LogP contribution is -2.39. The SMILES string of the molecule is CC(C)CCN(CC(=O)Nc1ccon1)C(=O)c1ccc2c(c1)OCO2. The monoisotopic (exact) mass is 359 g/mol. The Kier molecular flexibility index (Phi) is 5.40. The first-order chi connectivity index (χ1) is 12.5. The first kappa shape index (κ1) is 17.8. The van der Waals surface area contributed by atoms with Crippen LogP contribution < -0.4 is 14.8 Å². The first-order valence-electron chi connectivity index (χ1n) is 8.42. The van der Waals surface area contributed by atoms with E-state index in [1.54, 1.807) is 18.2 Å². The molecule has 1 aliphatic rings. The van der Waals surface area contributed by atoms with E-state index in [-0.39, 0.29) is 25.2 Å². The third-order valence-corrected chi connectivity index (χ3v) is 3.92. The molecule has 0 bridgehead atoms. The summed E-state index contributed by atoms with van der Waals surface area (Å²) in [6.07, 6.45) is 2.15. The van der Waals surface area contributed by atoms with Gasteiger partial charge in [0.1, 0.15) is 12.8 Å². The summed E-state index contributed by atoms with van der Waals surface area (Å²) >= 11 is 0. The van der Waals surface area contributed by atoms with Gasteiger partial charge in [0.25, 0.3) is 5.91 Å².